The van der Waals surface area contributed by atoms with Crippen LogP contribution >= 0.6 is 0 Å². The summed E-state index contributed by atoms with van der Waals surface area (Å²) in [6.45, 7) is 4.91. The molecule has 0 saturated heterocycles. The van der Waals surface area contributed by atoms with E-state index < -0.39 is 18.2 Å². The molecule has 0 fully saturated rings. The van der Waals surface area contributed by atoms with E-state index >= 15 is 0 Å². The van der Waals surface area contributed by atoms with Crippen LogP contribution in [0, 0.1) is 0 Å². The Morgan fingerprint density at radius 1 is 1.04 bits per heavy atom. The molecule has 0 radical (unpaired) electrons. The maximum atomic E-state index is 10.6. The van der Waals surface area contributed by atoms with Gasteiger partial charge in [-0.05, 0) is 38.5 Å². The van der Waals surface area contributed by atoms with Crippen LogP contribution < -0.4 is 0 Å². The third-order valence-electron chi connectivity index (χ3n) is 3.30. The zero-order valence-corrected chi connectivity index (χ0v) is 14.3. The van der Waals surface area contributed by atoms with Crippen LogP contribution in [0.3, 0.4) is 0 Å². The van der Waals surface area contributed by atoms with Crippen LogP contribution in [0.15, 0.2) is 37.0 Å². The number of unbranched alkanes of at least 4 members (excludes halogenated alkanes) is 5. The summed E-state index contributed by atoms with van der Waals surface area (Å²) in [6.07, 6.45) is 16.3. The smallest absolute Gasteiger partial charge is 0.302 e. The molecule has 0 aliphatic heterocycles. The van der Waals surface area contributed by atoms with E-state index in [4.69, 9.17) is 0 Å². The predicted octanol–water partition coefficient (Wildman–Crippen LogP) is 3.69. The minimum atomic E-state index is -0.827. The van der Waals surface area contributed by atoms with Crippen molar-refractivity contribution in [3.8, 4) is 0 Å². The van der Waals surface area contributed by atoms with Crippen molar-refractivity contribution in [1.82, 2.24) is 0 Å². The molecule has 0 spiro atoms. The number of allylic oxidation sites excluding steroid dienone is 4. The zero-order chi connectivity index (χ0) is 17.3. The Labute approximate surface area is 140 Å². The van der Waals surface area contributed by atoms with Crippen molar-refractivity contribution in [3.63, 3.8) is 0 Å². The van der Waals surface area contributed by atoms with E-state index in [0.717, 1.165) is 32.1 Å². The number of aliphatic hydroxyl groups is 2. The highest BCUT2D eigenvalue weighted by atomic mass is 16.5. The lowest BCUT2D eigenvalue weighted by molar-refractivity contribution is -0.144. The van der Waals surface area contributed by atoms with Gasteiger partial charge in [0, 0.05) is 13.3 Å². The summed E-state index contributed by atoms with van der Waals surface area (Å²) in [5.74, 6) is -0.426. The minimum absolute atomic E-state index is 0.0689. The first kappa shape index (κ1) is 21.6. The molecule has 2 N–H and O–H groups in total. The fraction of sp³-hybridized carbons (Fsp3) is 0.632. The highest BCUT2D eigenvalue weighted by Gasteiger charge is 2.10. The Morgan fingerprint density at radius 2 is 1.70 bits per heavy atom. The molecule has 0 rings (SSSR count). The van der Waals surface area contributed by atoms with Gasteiger partial charge in [0.2, 0.25) is 0 Å². The molecule has 0 amide bonds. The quantitative estimate of drug-likeness (QED) is 0.290. The predicted molar refractivity (Wildman–Crippen MR) is 94.1 cm³/mol. The van der Waals surface area contributed by atoms with E-state index in [1.54, 1.807) is 6.08 Å². The molecular formula is C19H32O4. The van der Waals surface area contributed by atoms with Gasteiger partial charge < -0.3 is 14.9 Å². The van der Waals surface area contributed by atoms with E-state index in [-0.39, 0.29) is 13.0 Å². The number of carbonyl (C=O) groups is 1. The molecule has 0 aromatic rings. The minimum Gasteiger partial charge on any atom is -0.463 e. The van der Waals surface area contributed by atoms with Crippen molar-refractivity contribution in [3.05, 3.63) is 37.0 Å². The average molecular weight is 324 g/mol. The van der Waals surface area contributed by atoms with Crippen LogP contribution in [0.2, 0.25) is 0 Å². The highest BCUT2D eigenvalue weighted by molar-refractivity contribution is 5.65. The highest BCUT2D eigenvalue weighted by Crippen LogP contribution is 2.07. The second-order valence-corrected chi connectivity index (χ2v) is 5.66. The first-order valence-electron chi connectivity index (χ1n) is 8.48. The van der Waals surface area contributed by atoms with Crippen molar-refractivity contribution in [2.75, 3.05) is 6.61 Å². The van der Waals surface area contributed by atoms with E-state index in [0.29, 0.717) is 0 Å². The van der Waals surface area contributed by atoms with Gasteiger partial charge in [-0.1, -0.05) is 36.8 Å². The Morgan fingerprint density at radius 3 is 2.35 bits per heavy atom. The third-order valence-corrected chi connectivity index (χ3v) is 3.30. The molecule has 0 aliphatic carbocycles. The molecule has 2 atom stereocenters. The van der Waals surface area contributed by atoms with Crippen LogP contribution in [-0.2, 0) is 9.53 Å². The Bertz CT molecular complexity index is 360. The van der Waals surface area contributed by atoms with Crippen LogP contribution in [0.1, 0.15) is 58.3 Å². The summed E-state index contributed by atoms with van der Waals surface area (Å²) >= 11 is 0. The summed E-state index contributed by atoms with van der Waals surface area (Å²) in [6, 6.07) is 0. The Kier molecular flexibility index (Phi) is 14.6. The summed E-state index contributed by atoms with van der Waals surface area (Å²) in [7, 11) is 0. The lowest BCUT2D eigenvalue weighted by atomic mass is 10.1. The molecule has 4 heteroatoms. The molecule has 0 unspecified atom stereocenters. The van der Waals surface area contributed by atoms with Gasteiger partial charge in [-0.2, -0.15) is 0 Å². The maximum Gasteiger partial charge on any atom is 0.302 e. The van der Waals surface area contributed by atoms with E-state index in [1.807, 2.05) is 12.2 Å². The van der Waals surface area contributed by atoms with Gasteiger partial charge in [0.25, 0.3) is 0 Å². The van der Waals surface area contributed by atoms with Gasteiger partial charge in [-0.25, -0.2) is 0 Å². The zero-order valence-electron chi connectivity index (χ0n) is 14.3. The molecule has 4 nitrogen and oxygen atoms in total. The van der Waals surface area contributed by atoms with Gasteiger partial charge >= 0.3 is 5.97 Å². The number of carbonyl (C=O) groups excluding carboxylic acids is 1. The number of rotatable bonds is 14. The molecule has 0 aliphatic rings. The van der Waals surface area contributed by atoms with Crippen LogP contribution in [-0.4, -0.2) is 35.0 Å². The van der Waals surface area contributed by atoms with Crippen molar-refractivity contribution in [2.24, 2.45) is 0 Å². The summed E-state index contributed by atoms with van der Waals surface area (Å²) < 4.78 is 4.68. The molecular weight excluding hydrogens is 292 g/mol. The molecule has 0 heterocycles. The Balaban J connectivity index is 3.52. The summed E-state index contributed by atoms with van der Waals surface area (Å²) in [4.78, 5) is 10.6. The topological polar surface area (TPSA) is 66.8 Å². The van der Waals surface area contributed by atoms with Gasteiger partial charge in [-0.3, -0.25) is 4.79 Å². The standard InChI is InChI=1S/C19H32O4/c1-3-4-5-6-7-8-9-10-11-12-13-14-18(21)15-19(22)16-23-17(2)20/h3,6-7,13-14,18-19,21-22H,1,4-5,8-12,15-16H2,2H3/b7-6+,14-13+/t18-,19-/m0/s1. The van der Waals surface area contributed by atoms with Crippen LogP contribution in [0.5, 0.6) is 0 Å². The van der Waals surface area contributed by atoms with Crippen LogP contribution in [0.4, 0.5) is 0 Å². The number of ether oxygens (including phenoxy) is 1. The lowest BCUT2D eigenvalue weighted by Gasteiger charge is -2.12. The molecule has 132 valence electrons. The molecule has 23 heavy (non-hydrogen) atoms. The lowest BCUT2D eigenvalue weighted by Crippen LogP contribution is -2.22. The van der Waals surface area contributed by atoms with Gasteiger partial charge in [0.05, 0.1) is 12.2 Å². The van der Waals surface area contributed by atoms with Gasteiger partial charge in [0.1, 0.15) is 6.61 Å². The average Bonchev–Trinajstić information content (AvgIpc) is 2.50. The van der Waals surface area contributed by atoms with Crippen molar-refractivity contribution < 1.29 is 19.7 Å². The summed E-state index contributed by atoms with van der Waals surface area (Å²) in [5.41, 5.74) is 0. The second kappa shape index (κ2) is 15.5. The van der Waals surface area contributed by atoms with Crippen molar-refractivity contribution >= 4 is 5.97 Å². The third kappa shape index (κ3) is 16.8. The van der Waals surface area contributed by atoms with Crippen molar-refractivity contribution in [1.29, 1.82) is 0 Å². The Hall–Kier alpha value is -1.39. The fourth-order valence-electron chi connectivity index (χ4n) is 2.04. The number of hydrogen-bond donors (Lipinski definition) is 2. The van der Waals surface area contributed by atoms with E-state index in [9.17, 15) is 15.0 Å². The number of hydrogen-bond acceptors (Lipinski definition) is 4. The normalized spacial score (nSPS) is 14.2. The van der Waals surface area contributed by atoms with E-state index in [2.05, 4.69) is 23.5 Å². The van der Waals surface area contributed by atoms with Crippen LogP contribution in [0.25, 0.3) is 0 Å². The largest absolute Gasteiger partial charge is 0.463 e. The summed E-state index contributed by atoms with van der Waals surface area (Å²) in [5, 5.41) is 19.3. The van der Waals surface area contributed by atoms with Gasteiger partial charge in [0.15, 0.2) is 0 Å². The number of aliphatic hydroxyl groups excluding tert-OH is 2. The first-order valence-corrected chi connectivity index (χ1v) is 8.48. The molecule has 0 bridgehead atoms. The van der Waals surface area contributed by atoms with Gasteiger partial charge in [-0.15, -0.1) is 6.58 Å². The fourth-order valence-corrected chi connectivity index (χ4v) is 2.04. The number of esters is 1. The molecule has 0 aromatic heterocycles. The van der Waals surface area contributed by atoms with E-state index in [1.165, 1.54) is 19.8 Å². The SMILES string of the molecule is C=CCC/C=C/CCCCC/C=C/[C@H](O)C[C@H](O)COC(C)=O. The first-order chi connectivity index (χ1) is 11.1. The monoisotopic (exact) mass is 324 g/mol. The maximum absolute atomic E-state index is 10.6. The second-order valence-electron chi connectivity index (χ2n) is 5.66. The van der Waals surface area contributed by atoms with Crippen molar-refractivity contribution in [2.45, 2.75) is 70.5 Å². The molecule has 0 aromatic carbocycles. The molecule has 0 saturated carbocycles.